The number of guanidine groups is 1. The molecule has 0 bridgehead atoms. The van der Waals surface area contributed by atoms with Crippen molar-refractivity contribution in [2.45, 2.75) is 20.4 Å². The average molecular weight is 292 g/mol. The first-order chi connectivity index (χ1) is 10.1. The van der Waals surface area contributed by atoms with Crippen LogP contribution in [0.15, 0.2) is 23.2 Å². The summed E-state index contributed by atoms with van der Waals surface area (Å²) in [6, 6.07) is 6.46. The quantitative estimate of drug-likeness (QED) is 0.457. The third-order valence-electron chi connectivity index (χ3n) is 3.19. The van der Waals surface area contributed by atoms with Gasteiger partial charge in [0.25, 0.3) is 0 Å². The van der Waals surface area contributed by atoms with E-state index in [0.29, 0.717) is 13.2 Å². The Bertz CT molecular complexity index is 458. The molecule has 118 valence electrons. The van der Waals surface area contributed by atoms with Crippen molar-refractivity contribution >= 4 is 11.6 Å². The standard InChI is InChI=1S/C16H28N4O/c1-6-17-16(18-9-10-21-5)19-12-14-7-8-15(20(3)4)11-13(14)2/h7-8,11H,6,9-10,12H2,1-5H3,(H2,17,18,19). The highest BCUT2D eigenvalue weighted by Crippen LogP contribution is 2.17. The molecule has 1 aromatic carbocycles. The monoisotopic (exact) mass is 292 g/mol. The predicted octanol–water partition coefficient (Wildman–Crippen LogP) is 1.76. The number of hydrogen-bond acceptors (Lipinski definition) is 3. The molecule has 2 N–H and O–H groups in total. The second-order valence-electron chi connectivity index (χ2n) is 5.12. The maximum absolute atomic E-state index is 5.04. The molecule has 0 atom stereocenters. The number of hydrogen-bond donors (Lipinski definition) is 2. The van der Waals surface area contributed by atoms with E-state index in [1.165, 1.54) is 16.8 Å². The molecule has 0 aliphatic heterocycles. The largest absolute Gasteiger partial charge is 0.383 e. The summed E-state index contributed by atoms with van der Waals surface area (Å²) in [6.07, 6.45) is 0. The number of anilines is 1. The van der Waals surface area contributed by atoms with Gasteiger partial charge in [0.05, 0.1) is 13.2 Å². The molecule has 0 aliphatic carbocycles. The molecule has 0 aromatic heterocycles. The van der Waals surface area contributed by atoms with Crippen molar-refractivity contribution < 1.29 is 4.74 Å². The second-order valence-corrected chi connectivity index (χ2v) is 5.12. The molecule has 1 aromatic rings. The Kier molecular flexibility index (Phi) is 7.61. The van der Waals surface area contributed by atoms with Crippen molar-refractivity contribution in [2.75, 3.05) is 45.8 Å². The zero-order valence-electron chi connectivity index (χ0n) is 13.9. The van der Waals surface area contributed by atoms with Gasteiger partial charge in [-0.05, 0) is 37.1 Å². The lowest BCUT2D eigenvalue weighted by Gasteiger charge is -2.15. The van der Waals surface area contributed by atoms with Gasteiger partial charge in [0.2, 0.25) is 0 Å². The van der Waals surface area contributed by atoms with E-state index in [1.807, 2.05) is 0 Å². The van der Waals surface area contributed by atoms with Crippen molar-refractivity contribution in [3.05, 3.63) is 29.3 Å². The summed E-state index contributed by atoms with van der Waals surface area (Å²) >= 11 is 0. The van der Waals surface area contributed by atoms with Gasteiger partial charge in [-0.2, -0.15) is 0 Å². The lowest BCUT2D eigenvalue weighted by atomic mass is 10.1. The molecule has 1 rings (SSSR count). The molecule has 0 saturated heterocycles. The van der Waals surface area contributed by atoms with E-state index in [0.717, 1.165) is 19.0 Å². The Hall–Kier alpha value is -1.75. The molecular formula is C16H28N4O. The molecule has 0 unspecified atom stereocenters. The zero-order chi connectivity index (χ0) is 15.7. The second kappa shape index (κ2) is 9.23. The molecule has 0 aliphatic rings. The van der Waals surface area contributed by atoms with Gasteiger partial charge in [0.15, 0.2) is 5.96 Å². The number of ether oxygens (including phenoxy) is 1. The van der Waals surface area contributed by atoms with Gasteiger partial charge in [-0.3, -0.25) is 0 Å². The Morgan fingerprint density at radius 2 is 2.05 bits per heavy atom. The normalized spacial score (nSPS) is 11.4. The summed E-state index contributed by atoms with van der Waals surface area (Å²) in [5.41, 5.74) is 3.72. The average Bonchev–Trinajstić information content (AvgIpc) is 2.45. The maximum atomic E-state index is 5.04. The van der Waals surface area contributed by atoms with Crippen LogP contribution in [0.4, 0.5) is 5.69 Å². The van der Waals surface area contributed by atoms with Crippen LogP contribution in [0.25, 0.3) is 0 Å². The summed E-state index contributed by atoms with van der Waals surface area (Å²) in [5.74, 6) is 0.825. The van der Waals surface area contributed by atoms with Gasteiger partial charge in [-0.25, -0.2) is 4.99 Å². The van der Waals surface area contributed by atoms with Crippen LogP contribution in [0.5, 0.6) is 0 Å². The first-order valence-corrected chi connectivity index (χ1v) is 7.36. The van der Waals surface area contributed by atoms with Crippen molar-refractivity contribution in [1.29, 1.82) is 0 Å². The van der Waals surface area contributed by atoms with E-state index in [9.17, 15) is 0 Å². The number of methoxy groups -OCH3 is 1. The molecule has 0 saturated carbocycles. The molecule has 5 heteroatoms. The minimum absolute atomic E-state index is 0.668. The Morgan fingerprint density at radius 3 is 2.62 bits per heavy atom. The van der Waals surface area contributed by atoms with Gasteiger partial charge >= 0.3 is 0 Å². The first kappa shape index (κ1) is 17.3. The van der Waals surface area contributed by atoms with Gasteiger partial charge in [0, 0.05) is 40.0 Å². The van der Waals surface area contributed by atoms with Crippen LogP contribution >= 0.6 is 0 Å². The van der Waals surface area contributed by atoms with E-state index in [2.05, 4.69) is 66.7 Å². The smallest absolute Gasteiger partial charge is 0.191 e. The molecule has 0 heterocycles. The van der Waals surface area contributed by atoms with Crippen LogP contribution < -0.4 is 15.5 Å². The topological polar surface area (TPSA) is 48.9 Å². The van der Waals surface area contributed by atoms with Crippen LogP contribution in [0.3, 0.4) is 0 Å². The molecule has 0 spiro atoms. The highest BCUT2D eigenvalue weighted by Gasteiger charge is 2.02. The number of nitrogens with one attached hydrogen (secondary N) is 2. The van der Waals surface area contributed by atoms with E-state index in [4.69, 9.17) is 4.74 Å². The highest BCUT2D eigenvalue weighted by atomic mass is 16.5. The van der Waals surface area contributed by atoms with E-state index in [-0.39, 0.29) is 0 Å². The van der Waals surface area contributed by atoms with Crippen LogP contribution in [0, 0.1) is 6.92 Å². The molecule has 0 fully saturated rings. The summed E-state index contributed by atoms with van der Waals surface area (Å²) in [7, 11) is 5.80. The van der Waals surface area contributed by atoms with E-state index in [1.54, 1.807) is 7.11 Å². The Morgan fingerprint density at radius 1 is 1.29 bits per heavy atom. The minimum Gasteiger partial charge on any atom is -0.383 e. The summed E-state index contributed by atoms with van der Waals surface area (Å²) in [4.78, 5) is 6.72. The van der Waals surface area contributed by atoms with Crippen LogP contribution in [-0.4, -0.2) is 46.9 Å². The SMILES string of the molecule is CCNC(=NCc1ccc(N(C)C)cc1C)NCCOC. The number of aryl methyl sites for hydroxylation is 1. The fourth-order valence-electron chi connectivity index (χ4n) is 1.91. The Balaban J connectivity index is 2.70. The maximum Gasteiger partial charge on any atom is 0.191 e. The van der Waals surface area contributed by atoms with E-state index < -0.39 is 0 Å². The molecule has 0 amide bonds. The summed E-state index contributed by atoms with van der Waals surface area (Å²) in [5, 5.41) is 6.48. The van der Waals surface area contributed by atoms with Crippen molar-refractivity contribution in [3.8, 4) is 0 Å². The van der Waals surface area contributed by atoms with Crippen LogP contribution in [0.2, 0.25) is 0 Å². The van der Waals surface area contributed by atoms with Gasteiger partial charge in [-0.1, -0.05) is 6.07 Å². The van der Waals surface area contributed by atoms with Crippen LogP contribution in [-0.2, 0) is 11.3 Å². The third kappa shape index (κ3) is 6.04. The minimum atomic E-state index is 0.668. The van der Waals surface area contributed by atoms with Crippen molar-refractivity contribution in [3.63, 3.8) is 0 Å². The molecule has 5 nitrogen and oxygen atoms in total. The lowest BCUT2D eigenvalue weighted by Crippen LogP contribution is -2.38. The van der Waals surface area contributed by atoms with Crippen molar-refractivity contribution in [1.82, 2.24) is 10.6 Å². The predicted molar refractivity (Wildman–Crippen MR) is 90.2 cm³/mol. The van der Waals surface area contributed by atoms with Gasteiger partial charge < -0.3 is 20.3 Å². The zero-order valence-corrected chi connectivity index (χ0v) is 13.9. The fourth-order valence-corrected chi connectivity index (χ4v) is 1.91. The Labute approximate surface area is 128 Å². The van der Waals surface area contributed by atoms with E-state index >= 15 is 0 Å². The van der Waals surface area contributed by atoms with Crippen LogP contribution in [0.1, 0.15) is 18.1 Å². The number of nitrogens with zero attached hydrogens (tertiary/aromatic N) is 2. The summed E-state index contributed by atoms with van der Waals surface area (Å²) < 4.78 is 5.04. The number of benzene rings is 1. The van der Waals surface area contributed by atoms with Gasteiger partial charge in [0.1, 0.15) is 0 Å². The molecule has 21 heavy (non-hydrogen) atoms. The lowest BCUT2D eigenvalue weighted by molar-refractivity contribution is 0.203. The first-order valence-electron chi connectivity index (χ1n) is 7.36. The number of rotatable bonds is 7. The van der Waals surface area contributed by atoms with Crippen molar-refractivity contribution in [2.24, 2.45) is 4.99 Å². The number of aliphatic imine (C=N–C) groups is 1. The molecule has 0 radical (unpaired) electrons. The third-order valence-corrected chi connectivity index (χ3v) is 3.19. The van der Waals surface area contributed by atoms with Gasteiger partial charge in [-0.15, -0.1) is 0 Å². The highest BCUT2D eigenvalue weighted by molar-refractivity contribution is 5.79. The molecular weight excluding hydrogens is 264 g/mol. The fraction of sp³-hybridized carbons (Fsp3) is 0.562. The summed E-state index contributed by atoms with van der Waals surface area (Å²) in [6.45, 7) is 7.12.